The summed E-state index contributed by atoms with van der Waals surface area (Å²) in [4.78, 5) is 12.0. The highest BCUT2D eigenvalue weighted by molar-refractivity contribution is 6.17. The normalized spacial score (nSPS) is 27.1. The molecule has 1 rings (SSSR count). The van der Waals surface area contributed by atoms with Gasteiger partial charge in [0.2, 0.25) is 5.91 Å². The zero-order chi connectivity index (χ0) is 12.1. The first-order chi connectivity index (χ1) is 7.56. The number of halogens is 1. The molecule has 0 radical (unpaired) electrons. The molecule has 0 bridgehead atoms. The van der Waals surface area contributed by atoms with Crippen molar-refractivity contribution in [3.8, 4) is 0 Å². The van der Waals surface area contributed by atoms with Crippen LogP contribution in [0.3, 0.4) is 0 Å². The largest absolute Gasteiger partial charge is 0.378 e. The van der Waals surface area contributed by atoms with E-state index in [1.54, 1.807) is 0 Å². The summed E-state index contributed by atoms with van der Waals surface area (Å²) < 4.78 is 5.40. The predicted molar refractivity (Wildman–Crippen MR) is 65.6 cm³/mol. The molecule has 0 spiro atoms. The van der Waals surface area contributed by atoms with Crippen LogP contribution in [0.2, 0.25) is 0 Å². The first-order valence-corrected chi connectivity index (χ1v) is 6.57. The Balaban J connectivity index is 2.47. The van der Waals surface area contributed by atoms with Gasteiger partial charge in [0.05, 0.1) is 12.0 Å². The molecule has 4 heteroatoms. The van der Waals surface area contributed by atoms with Gasteiger partial charge in [0, 0.05) is 18.5 Å². The Bertz CT molecular complexity index is 233. The van der Waals surface area contributed by atoms with E-state index in [0.29, 0.717) is 18.4 Å². The second-order valence-electron chi connectivity index (χ2n) is 4.81. The zero-order valence-electron chi connectivity index (χ0n) is 10.3. The summed E-state index contributed by atoms with van der Waals surface area (Å²) in [6.07, 6.45) is 1.70. The van der Waals surface area contributed by atoms with Crippen LogP contribution in [0.5, 0.6) is 0 Å². The molecule has 0 aromatic rings. The summed E-state index contributed by atoms with van der Waals surface area (Å²) in [5, 5.41) is 3.09. The van der Waals surface area contributed by atoms with Crippen LogP contribution in [0.1, 0.15) is 33.6 Å². The van der Waals surface area contributed by atoms with Crippen LogP contribution in [0.25, 0.3) is 0 Å². The molecule has 3 atom stereocenters. The highest BCUT2D eigenvalue weighted by Crippen LogP contribution is 2.21. The summed E-state index contributed by atoms with van der Waals surface area (Å²) >= 11 is 5.74. The maximum absolute atomic E-state index is 12.0. The van der Waals surface area contributed by atoms with E-state index in [1.807, 2.05) is 6.92 Å². The van der Waals surface area contributed by atoms with E-state index in [9.17, 15) is 4.79 Å². The van der Waals surface area contributed by atoms with Crippen molar-refractivity contribution in [3.05, 3.63) is 0 Å². The Kier molecular flexibility index (Phi) is 5.56. The van der Waals surface area contributed by atoms with Crippen molar-refractivity contribution in [2.24, 2.45) is 11.8 Å². The first-order valence-electron chi connectivity index (χ1n) is 6.04. The number of carbonyl (C=O) groups is 1. The zero-order valence-corrected chi connectivity index (χ0v) is 11.1. The van der Waals surface area contributed by atoms with Crippen LogP contribution < -0.4 is 5.32 Å². The number of amides is 1. The van der Waals surface area contributed by atoms with Gasteiger partial charge < -0.3 is 10.1 Å². The van der Waals surface area contributed by atoms with E-state index < -0.39 is 0 Å². The molecule has 1 fully saturated rings. The number of rotatable bonds is 5. The molecule has 3 unspecified atom stereocenters. The fourth-order valence-corrected chi connectivity index (χ4v) is 2.29. The molecule has 0 aliphatic carbocycles. The lowest BCUT2D eigenvalue weighted by atomic mass is 9.97. The standard InChI is InChI=1S/C12H22ClNO2/c1-8(2)11(4-6-13)14-12(15)10-5-7-16-9(10)3/h8-11H,4-7H2,1-3H3,(H,14,15). The van der Waals surface area contributed by atoms with Crippen LogP contribution in [0.4, 0.5) is 0 Å². The number of alkyl halides is 1. The fourth-order valence-electron chi connectivity index (χ4n) is 2.06. The van der Waals surface area contributed by atoms with Crippen molar-refractivity contribution in [2.75, 3.05) is 12.5 Å². The summed E-state index contributed by atoms with van der Waals surface area (Å²) in [7, 11) is 0. The monoisotopic (exact) mass is 247 g/mol. The predicted octanol–water partition coefficient (Wildman–Crippen LogP) is 2.18. The molecule has 1 aliphatic heterocycles. The SMILES string of the molecule is CC(C)C(CCCl)NC(=O)C1CCOC1C. The maximum Gasteiger partial charge on any atom is 0.226 e. The summed E-state index contributed by atoms with van der Waals surface area (Å²) in [6.45, 7) is 6.86. The molecular weight excluding hydrogens is 226 g/mol. The lowest BCUT2D eigenvalue weighted by Crippen LogP contribution is -2.43. The van der Waals surface area contributed by atoms with E-state index in [1.165, 1.54) is 0 Å². The Morgan fingerprint density at radius 3 is 2.69 bits per heavy atom. The van der Waals surface area contributed by atoms with Gasteiger partial charge in [0.25, 0.3) is 0 Å². The van der Waals surface area contributed by atoms with Crippen LogP contribution in [-0.2, 0) is 9.53 Å². The molecule has 0 saturated carbocycles. The van der Waals surface area contributed by atoms with Gasteiger partial charge in [-0.1, -0.05) is 13.8 Å². The minimum absolute atomic E-state index is 0.0107. The number of ether oxygens (including phenoxy) is 1. The van der Waals surface area contributed by atoms with Crippen LogP contribution in [-0.4, -0.2) is 30.5 Å². The van der Waals surface area contributed by atoms with E-state index in [2.05, 4.69) is 19.2 Å². The highest BCUT2D eigenvalue weighted by Gasteiger charge is 2.32. The lowest BCUT2D eigenvalue weighted by Gasteiger charge is -2.24. The molecular formula is C12H22ClNO2. The molecule has 1 saturated heterocycles. The summed E-state index contributed by atoms with van der Waals surface area (Å²) in [5.41, 5.74) is 0. The van der Waals surface area contributed by atoms with Gasteiger partial charge in [0.1, 0.15) is 0 Å². The van der Waals surface area contributed by atoms with Gasteiger partial charge >= 0.3 is 0 Å². The molecule has 0 aromatic carbocycles. The number of carbonyl (C=O) groups excluding carboxylic acids is 1. The average molecular weight is 248 g/mol. The van der Waals surface area contributed by atoms with Gasteiger partial charge in [-0.25, -0.2) is 0 Å². The minimum atomic E-state index is 0.0107. The Morgan fingerprint density at radius 2 is 2.25 bits per heavy atom. The number of hydrogen-bond acceptors (Lipinski definition) is 2. The van der Waals surface area contributed by atoms with Gasteiger partial charge in [-0.15, -0.1) is 11.6 Å². The highest BCUT2D eigenvalue weighted by atomic mass is 35.5. The molecule has 1 heterocycles. The second-order valence-corrected chi connectivity index (χ2v) is 5.19. The van der Waals surface area contributed by atoms with Crippen LogP contribution in [0.15, 0.2) is 0 Å². The fraction of sp³-hybridized carbons (Fsp3) is 0.917. The molecule has 0 aromatic heterocycles. The number of nitrogens with one attached hydrogen (secondary N) is 1. The van der Waals surface area contributed by atoms with Crippen molar-refractivity contribution >= 4 is 17.5 Å². The van der Waals surface area contributed by atoms with E-state index in [0.717, 1.165) is 12.8 Å². The van der Waals surface area contributed by atoms with E-state index >= 15 is 0 Å². The summed E-state index contributed by atoms with van der Waals surface area (Å²) in [6, 6.07) is 0.179. The molecule has 1 amide bonds. The quantitative estimate of drug-likeness (QED) is 0.757. The second kappa shape index (κ2) is 6.45. The average Bonchev–Trinajstić information content (AvgIpc) is 2.63. The van der Waals surface area contributed by atoms with Gasteiger partial charge in [-0.2, -0.15) is 0 Å². The van der Waals surface area contributed by atoms with Crippen LogP contribution >= 0.6 is 11.6 Å². The van der Waals surface area contributed by atoms with E-state index in [4.69, 9.17) is 16.3 Å². The maximum atomic E-state index is 12.0. The molecule has 94 valence electrons. The number of hydrogen-bond donors (Lipinski definition) is 1. The van der Waals surface area contributed by atoms with E-state index in [-0.39, 0.29) is 24.0 Å². The van der Waals surface area contributed by atoms with Crippen molar-refractivity contribution < 1.29 is 9.53 Å². The van der Waals surface area contributed by atoms with Gasteiger partial charge in [-0.3, -0.25) is 4.79 Å². The molecule has 1 aliphatic rings. The third kappa shape index (κ3) is 3.63. The summed E-state index contributed by atoms with van der Waals surface area (Å²) in [5.74, 6) is 1.13. The third-order valence-electron chi connectivity index (χ3n) is 3.27. The van der Waals surface area contributed by atoms with Crippen molar-refractivity contribution in [1.82, 2.24) is 5.32 Å². The topological polar surface area (TPSA) is 38.3 Å². The third-order valence-corrected chi connectivity index (χ3v) is 3.48. The lowest BCUT2D eigenvalue weighted by molar-refractivity contribution is -0.127. The smallest absolute Gasteiger partial charge is 0.226 e. The molecule has 1 N–H and O–H groups in total. The molecule has 16 heavy (non-hydrogen) atoms. The minimum Gasteiger partial charge on any atom is -0.378 e. The van der Waals surface area contributed by atoms with Crippen LogP contribution in [0, 0.1) is 11.8 Å². The first kappa shape index (κ1) is 13.8. The Hall–Kier alpha value is -0.280. The Labute approximate surface area is 103 Å². The van der Waals surface area contributed by atoms with Crippen molar-refractivity contribution in [1.29, 1.82) is 0 Å². The van der Waals surface area contributed by atoms with Gasteiger partial charge in [0.15, 0.2) is 0 Å². The van der Waals surface area contributed by atoms with Gasteiger partial charge in [-0.05, 0) is 25.7 Å². The Morgan fingerprint density at radius 1 is 1.56 bits per heavy atom. The van der Waals surface area contributed by atoms with Crippen molar-refractivity contribution in [3.63, 3.8) is 0 Å². The van der Waals surface area contributed by atoms with Crippen molar-refractivity contribution in [2.45, 2.75) is 45.8 Å². The molecule has 3 nitrogen and oxygen atoms in total.